The number of allylic oxidation sites excluding steroid dienone is 7. The lowest BCUT2D eigenvalue weighted by Crippen LogP contribution is -2.07. The minimum atomic E-state index is 0.572. The molecule has 0 saturated carbocycles. The first-order valence-electron chi connectivity index (χ1n) is 7.25. The monoisotopic (exact) mass is 284 g/mol. The fourth-order valence-corrected chi connectivity index (χ4v) is 1.88. The Morgan fingerprint density at radius 2 is 1.81 bits per heavy atom. The number of rotatable bonds is 6. The summed E-state index contributed by atoms with van der Waals surface area (Å²) in [5, 5.41) is 7.52. The largest absolute Gasteiger partial charge is 0.597 e. The van der Waals surface area contributed by atoms with Crippen LogP contribution in [0, 0.1) is 0 Å². The molecule has 112 valence electrons. The van der Waals surface area contributed by atoms with Gasteiger partial charge in [-0.3, -0.25) is 0 Å². The van der Waals surface area contributed by atoms with Crippen molar-refractivity contribution in [1.29, 1.82) is 0 Å². The standard InChI is InChI=1S/C19H25NO/c1-5-8-18(15-16(2)21)10-7-6-9-17-11-13-19(14-12-17)20(3)4/h6-15,21H,5H2,1-4H3/p+1/b9-6+,10-7+,16-15-,18-8-. The van der Waals surface area contributed by atoms with Crippen molar-refractivity contribution in [2.45, 2.75) is 20.3 Å². The predicted octanol–water partition coefficient (Wildman–Crippen LogP) is 4.29. The summed E-state index contributed by atoms with van der Waals surface area (Å²) in [6, 6.07) is 8.43. The Morgan fingerprint density at radius 3 is 2.33 bits per heavy atom. The van der Waals surface area contributed by atoms with E-state index in [-0.39, 0.29) is 0 Å². The van der Waals surface area contributed by atoms with Crippen LogP contribution in [0.3, 0.4) is 0 Å². The summed E-state index contributed by atoms with van der Waals surface area (Å²) in [7, 11) is 4.08. The van der Waals surface area contributed by atoms with Crippen LogP contribution in [0.1, 0.15) is 25.8 Å². The van der Waals surface area contributed by atoms with Crippen molar-refractivity contribution >= 4 is 11.8 Å². The molecule has 2 nitrogen and oxygen atoms in total. The lowest BCUT2D eigenvalue weighted by molar-refractivity contribution is 0.414. The Hall–Kier alpha value is -2.22. The number of nitrogens with zero attached hydrogens (tertiary/aromatic N) is 1. The van der Waals surface area contributed by atoms with Gasteiger partial charge in [-0.25, -0.2) is 0 Å². The molecule has 0 aliphatic carbocycles. The maximum atomic E-state index is 7.52. The molecule has 0 aliphatic heterocycles. The second-order valence-corrected chi connectivity index (χ2v) is 5.14. The molecule has 0 spiro atoms. The van der Waals surface area contributed by atoms with Crippen LogP contribution in [0.2, 0.25) is 0 Å². The molecule has 1 aromatic carbocycles. The van der Waals surface area contributed by atoms with Gasteiger partial charge in [0.15, 0.2) is 0 Å². The molecule has 0 fully saturated rings. The number of benzene rings is 1. The Morgan fingerprint density at radius 1 is 1.14 bits per heavy atom. The van der Waals surface area contributed by atoms with E-state index in [1.54, 1.807) is 6.92 Å². The van der Waals surface area contributed by atoms with Gasteiger partial charge in [0, 0.05) is 32.8 Å². The molecule has 21 heavy (non-hydrogen) atoms. The van der Waals surface area contributed by atoms with Crippen LogP contribution in [0.5, 0.6) is 0 Å². The molecular weight excluding hydrogens is 258 g/mol. The molecule has 1 rings (SSSR count). The van der Waals surface area contributed by atoms with Crippen LogP contribution in [0.4, 0.5) is 5.69 Å². The highest BCUT2D eigenvalue weighted by atomic mass is 16.3. The second-order valence-electron chi connectivity index (χ2n) is 5.14. The Labute approximate surface area is 128 Å². The van der Waals surface area contributed by atoms with E-state index in [1.807, 2.05) is 38.4 Å². The van der Waals surface area contributed by atoms with Crippen molar-refractivity contribution < 1.29 is 5.11 Å². The topological polar surface area (TPSA) is 26.1 Å². The molecule has 0 bridgehead atoms. The van der Waals surface area contributed by atoms with Crippen molar-refractivity contribution in [3.63, 3.8) is 0 Å². The molecule has 0 heterocycles. The number of hydrogen-bond acceptors (Lipinski definition) is 1. The molecule has 0 saturated heterocycles. The van der Waals surface area contributed by atoms with Crippen molar-refractivity contribution in [2.75, 3.05) is 19.0 Å². The third kappa shape index (κ3) is 6.66. The van der Waals surface area contributed by atoms with Crippen LogP contribution >= 0.6 is 0 Å². The molecule has 2 heteroatoms. The maximum absolute atomic E-state index is 7.52. The van der Waals surface area contributed by atoms with E-state index in [0.717, 1.165) is 12.0 Å². The smallest absolute Gasteiger partial charge is 0.226 e. The van der Waals surface area contributed by atoms with E-state index in [2.05, 4.69) is 48.2 Å². The van der Waals surface area contributed by atoms with Gasteiger partial charge in [0.2, 0.25) is 5.76 Å². The molecule has 0 atom stereocenters. The molecule has 2 N–H and O–H groups in total. The van der Waals surface area contributed by atoms with Crippen molar-refractivity contribution in [3.05, 3.63) is 71.5 Å². The first kappa shape index (κ1) is 16.8. The highest BCUT2D eigenvalue weighted by molar-refractivity contribution is 5.56. The van der Waals surface area contributed by atoms with E-state index >= 15 is 0 Å². The molecule has 0 radical (unpaired) electrons. The summed E-state index contributed by atoms with van der Waals surface area (Å²) in [5.41, 5.74) is 3.46. The van der Waals surface area contributed by atoms with Crippen molar-refractivity contribution in [1.82, 2.24) is 0 Å². The van der Waals surface area contributed by atoms with E-state index in [1.165, 1.54) is 11.3 Å². The minimum absolute atomic E-state index is 0.572. The molecule has 0 aliphatic rings. The molecule has 1 aromatic rings. The first-order valence-corrected chi connectivity index (χ1v) is 7.25. The zero-order valence-electron chi connectivity index (χ0n) is 13.4. The van der Waals surface area contributed by atoms with E-state index in [4.69, 9.17) is 5.11 Å². The van der Waals surface area contributed by atoms with Crippen LogP contribution in [0.25, 0.3) is 6.08 Å². The third-order valence-electron chi connectivity index (χ3n) is 2.92. The molecule has 0 unspecified atom stereocenters. The van der Waals surface area contributed by atoms with Crippen molar-refractivity contribution in [2.24, 2.45) is 0 Å². The fraction of sp³-hybridized carbons (Fsp3) is 0.263. The Kier molecular flexibility index (Phi) is 7.10. The van der Waals surface area contributed by atoms with Crippen LogP contribution in [-0.4, -0.2) is 19.2 Å². The quantitative estimate of drug-likeness (QED) is 0.435. The van der Waals surface area contributed by atoms with E-state index in [9.17, 15) is 0 Å². The number of anilines is 1. The van der Waals surface area contributed by atoms with Gasteiger partial charge in [-0.05, 0) is 29.7 Å². The van der Waals surface area contributed by atoms with Gasteiger partial charge >= 0.3 is 0 Å². The minimum Gasteiger partial charge on any atom is -0.597 e. The van der Waals surface area contributed by atoms with Crippen LogP contribution in [-0.2, 0) is 0 Å². The number of hydrogen-bond donors (Lipinski definition) is 0. The fourth-order valence-electron chi connectivity index (χ4n) is 1.88. The summed E-state index contributed by atoms with van der Waals surface area (Å²) >= 11 is 0. The SMILES string of the molecule is CC/C=C(\C=C(\C)[OH2+])/C=C/C=C/c1ccc(N(C)C)cc1. The van der Waals surface area contributed by atoms with Gasteiger partial charge in [-0.15, -0.1) is 0 Å². The molecule has 0 amide bonds. The lowest BCUT2D eigenvalue weighted by Gasteiger charge is -2.11. The van der Waals surface area contributed by atoms with Gasteiger partial charge in [0.1, 0.15) is 0 Å². The predicted molar refractivity (Wildman–Crippen MR) is 94.7 cm³/mol. The molecular formula is C19H26NO+. The maximum Gasteiger partial charge on any atom is 0.226 e. The van der Waals surface area contributed by atoms with Gasteiger partial charge in [-0.1, -0.05) is 49.4 Å². The van der Waals surface area contributed by atoms with E-state index < -0.39 is 0 Å². The van der Waals surface area contributed by atoms with Gasteiger partial charge in [0.05, 0.1) is 0 Å². The van der Waals surface area contributed by atoms with Crippen LogP contribution in [0.15, 0.2) is 66.0 Å². The highest BCUT2D eigenvalue weighted by Gasteiger charge is 1.93. The summed E-state index contributed by atoms with van der Waals surface area (Å²) in [5.74, 6) is 0.572. The average molecular weight is 284 g/mol. The lowest BCUT2D eigenvalue weighted by atomic mass is 10.1. The van der Waals surface area contributed by atoms with Crippen molar-refractivity contribution in [3.8, 4) is 0 Å². The van der Waals surface area contributed by atoms with Crippen LogP contribution < -0.4 is 4.90 Å². The van der Waals surface area contributed by atoms with Gasteiger partial charge in [0.25, 0.3) is 0 Å². The van der Waals surface area contributed by atoms with Gasteiger partial charge in [-0.2, -0.15) is 0 Å². The Balaban J connectivity index is 2.70. The van der Waals surface area contributed by atoms with E-state index in [0.29, 0.717) is 5.76 Å². The first-order chi connectivity index (χ1) is 10.0. The summed E-state index contributed by atoms with van der Waals surface area (Å²) in [6.07, 6.45) is 13.1. The zero-order chi connectivity index (χ0) is 15.7. The molecule has 0 aromatic heterocycles. The summed E-state index contributed by atoms with van der Waals surface area (Å²) in [4.78, 5) is 2.09. The third-order valence-corrected chi connectivity index (χ3v) is 2.92. The Bertz CT molecular complexity index is 541. The average Bonchev–Trinajstić information content (AvgIpc) is 2.43. The zero-order valence-corrected chi connectivity index (χ0v) is 13.4. The highest BCUT2D eigenvalue weighted by Crippen LogP contribution is 2.13. The summed E-state index contributed by atoms with van der Waals surface area (Å²) in [6.45, 7) is 3.89. The summed E-state index contributed by atoms with van der Waals surface area (Å²) < 4.78 is 0. The van der Waals surface area contributed by atoms with Gasteiger partial charge < -0.3 is 10.0 Å². The second kappa shape index (κ2) is 8.85. The normalized spacial score (nSPS) is 13.3.